The van der Waals surface area contributed by atoms with Crippen LogP contribution in [-0.4, -0.2) is 12.5 Å². The maximum atomic E-state index is 12.6. The summed E-state index contributed by atoms with van der Waals surface area (Å²) in [5, 5.41) is 7.89. The minimum Gasteiger partial charge on any atom is -0.352 e. The molecule has 1 radical (unpaired) electrons. The summed E-state index contributed by atoms with van der Waals surface area (Å²) in [6.45, 7) is 4.26. The number of unbranched alkanes of at least 4 members (excludes halogenated alkanes) is 9. The van der Waals surface area contributed by atoms with Crippen LogP contribution in [0.25, 0.3) is 11.1 Å². The van der Waals surface area contributed by atoms with E-state index in [0.717, 1.165) is 23.0 Å². The molecule has 0 atom stereocenters. The fraction of sp³-hybridized carbons (Fsp3) is 0.424. The maximum absolute atomic E-state index is 12.6. The second-order valence-corrected chi connectivity index (χ2v) is 10.7. The first kappa shape index (κ1) is 29.1. The van der Waals surface area contributed by atoms with Crippen LogP contribution < -0.4 is 10.6 Å². The quantitative estimate of drug-likeness (QED) is 0.164. The molecule has 0 aromatic heterocycles. The lowest BCUT2D eigenvalue weighted by molar-refractivity contribution is 0.0953. The van der Waals surface area contributed by atoms with Crippen LogP contribution in [0.2, 0.25) is 0 Å². The Bertz CT molecular complexity index is 1070. The summed E-state index contributed by atoms with van der Waals surface area (Å²) in [5.74, 6) is -0.00287. The van der Waals surface area contributed by atoms with Gasteiger partial charge in [-0.3, -0.25) is 4.79 Å². The van der Waals surface area contributed by atoms with Crippen molar-refractivity contribution in [2.75, 3.05) is 6.54 Å². The Morgan fingerprint density at radius 3 is 2.05 bits per heavy atom. The van der Waals surface area contributed by atoms with Crippen molar-refractivity contribution < 1.29 is 4.79 Å². The van der Waals surface area contributed by atoms with Gasteiger partial charge in [0.15, 0.2) is 0 Å². The molecule has 37 heavy (non-hydrogen) atoms. The topological polar surface area (TPSA) is 43.2 Å². The molecule has 197 valence electrons. The van der Waals surface area contributed by atoms with Crippen LogP contribution in [0.3, 0.4) is 0 Å². The Kier molecular flexibility index (Phi) is 13.5. The van der Waals surface area contributed by atoms with Crippen molar-refractivity contribution in [3.63, 3.8) is 0 Å². The van der Waals surface area contributed by atoms with E-state index in [1.807, 2.05) is 24.3 Å². The average molecular weight is 563 g/mol. The Labute approximate surface area is 232 Å². The van der Waals surface area contributed by atoms with Crippen LogP contribution in [0, 0.1) is 0 Å². The van der Waals surface area contributed by atoms with Gasteiger partial charge >= 0.3 is 0 Å². The van der Waals surface area contributed by atoms with Gasteiger partial charge in [0.2, 0.25) is 0 Å². The fourth-order valence-corrected chi connectivity index (χ4v) is 5.09. The van der Waals surface area contributed by atoms with Crippen LogP contribution in [0.15, 0.2) is 77.3 Å². The normalized spacial score (nSPS) is 11.0. The molecule has 0 aliphatic rings. The number of nitrogens with zero attached hydrogens (tertiary/aromatic N) is 1. The molecule has 3 rings (SSSR count). The summed E-state index contributed by atoms with van der Waals surface area (Å²) in [6, 6.07) is 24.7. The summed E-state index contributed by atoms with van der Waals surface area (Å²) < 4.78 is 0.930. The monoisotopic (exact) mass is 561 g/mol. The SMILES string of the molecule is CCCCCCCCCCCCNC(=O)c1ccc(C[N]Cc2ccccc2-c2ccccc2)c(Br)c1. The van der Waals surface area contributed by atoms with Crippen LogP contribution in [0.4, 0.5) is 0 Å². The Morgan fingerprint density at radius 2 is 1.35 bits per heavy atom. The Balaban J connectivity index is 1.36. The molecule has 3 aromatic carbocycles. The number of carbonyl (C=O) groups excluding carboxylic acids is 1. The molecule has 1 amide bonds. The highest BCUT2D eigenvalue weighted by atomic mass is 79.9. The third kappa shape index (κ3) is 10.5. The van der Waals surface area contributed by atoms with Crippen molar-refractivity contribution in [2.24, 2.45) is 0 Å². The van der Waals surface area contributed by atoms with Crippen molar-refractivity contribution in [3.8, 4) is 11.1 Å². The van der Waals surface area contributed by atoms with E-state index in [1.165, 1.54) is 74.5 Å². The zero-order chi connectivity index (χ0) is 26.1. The van der Waals surface area contributed by atoms with Gasteiger partial charge in [0.05, 0.1) is 0 Å². The molecule has 0 aliphatic carbocycles. The third-order valence-electron chi connectivity index (χ3n) is 6.80. The standard InChI is InChI=1S/C33H42BrN2O/c1-2-3-4-5-6-7-8-9-10-16-23-36-33(37)28-21-22-30(32(34)24-28)26-35-25-29-19-14-15-20-31(29)27-17-12-11-13-18-27/h11-15,17-22,24H,2-10,16,23,25-26H2,1H3,(H,36,37). The molecule has 1 N–H and O–H groups in total. The molecular weight excluding hydrogens is 520 g/mol. The molecular formula is C33H42BrN2O. The van der Waals surface area contributed by atoms with Gasteiger partial charge in [-0.2, -0.15) is 0 Å². The third-order valence-corrected chi connectivity index (χ3v) is 7.54. The molecule has 0 spiro atoms. The summed E-state index contributed by atoms with van der Waals surface area (Å²) in [6.07, 6.45) is 13.0. The van der Waals surface area contributed by atoms with E-state index in [1.54, 1.807) is 0 Å². The lowest BCUT2D eigenvalue weighted by Gasteiger charge is -2.11. The minimum atomic E-state index is -0.00287. The Hall–Kier alpha value is -2.43. The van der Waals surface area contributed by atoms with Crippen molar-refractivity contribution in [1.82, 2.24) is 10.6 Å². The molecule has 3 aromatic rings. The number of nitrogens with one attached hydrogen (secondary N) is 1. The Morgan fingerprint density at radius 1 is 0.730 bits per heavy atom. The van der Waals surface area contributed by atoms with Gasteiger partial charge in [0.25, 0.3) is 5.91 Å². The lowest BCUT2D eigenvalue weighted by atomic mass is 10.00. The second-order valence-electron chi connectivity index (χ2n) is 9.81. The zero-order valence-electron chi connectivity index (χ0n) is 22.4. The predicted octanol–water partition coefficient (Wildman–Crippen LogP) is 9.07. The fourth-order valence-electron chi connectivity index (χ4n) is 4.59. The molecule has 3 nitrogen and oxygen atoms in total. The second kappa shape index (κ2) is 17.1. The van der Waals surface area contributed by atoms with E-state index in [4.69, 9.17) is 5.32 Å². The van der Waals surface area contributed by atoms with Crippen molar-refractivity contribution in [3.05, 3.63) is 94.0 Å². The van der Waals surface area contributed by atoms with Crippen LogP contribution >= 0.6 is 15.9 Å². The molecule has 0 unspecified atom stereocenters. The molecule has 0 saturated carbocycles. The van der Waals surface area contributed by atoms with E-state index in [0.29, 0.717) is 18.7 Å². The maximum Gasteiger partial charge on any atom is 0.251 e. The number of hydrogen-bond acceptors (Lipinski definition) is 1. The van der Waals surface area contributed by atoms with E-state index < -0.39 is 0 Å². The molecule has 4 heteroatoms. The minimum absolute atomic E-state index is 0.00287. The predicted molar refractivity (Wildman–Crippen MR) is 160 cm³/mol. The zero-order valence-corrected chi connectivity index (χ0v) is 23.9. The highest BCUT2D eigenvalue weighted by molar-refractivity contribution is 9.10. The first-order chi connectivity index (χ1) is 18.2. The molecule has 0 heterocycles. The number of benzene rings is 3. The highest BCUT2D eigenvalue weighted by Crippen LogP contribution is 2.24. The van der Waals surface area contributed by atoms with E-state index in [9.17, 15) is 4.79 Å². The molecule has 0 bridgehead atoms. The first-order valence-corrected chi connectivity index (χ1v) is 14.8. The van der Waals surface area contributed by atoms with Gasteiger partial charge in [-0.1, -0.05) is 141 Å². The molecule has 0 fully saturated rings. The number of amides is 1. The number of hydrogen-bond donors (Lipinski definition) is 1. The van der Waals surface area contributed by atoms with Crippen molar-refractivity contribution in [2.45, 2.75) is 84.2 Å². The van der Waals surface area contributed by atoms with Crippen LogP contribution in [0.1, 0.15) is 92.6 Å². The van der Waals surface area contributed by atoms with E-state index in [2.05, 4.69) is 76.7 Å². The van der Waals surface area contributed by atoms with E-state index >= 15 is 0 Å². The summed E-state index contributed by atoms with van der Waals surface area (Å²) in [7, 11) is 0. The summed E-state index contributed by atoms with van der Waals surface area (Å²) in [4.78, 5) is 12.6. The molecule has 0 aliphatic heterocycles. The first-order valence-electron chi connectivity index (χ1n) is 14.0. The summed E-state index contributed by atoms with van der Waals surface area (Å²) in [5.41, 5.74) is 5.43. The van der Waals surface area contributed by atoms with Gasteiger partial charge in [-0.05, 0) is 40.8 Å². The van der Waals surface area contributed by atoms with Crippen molar-refractivity contribution in [1.29, 1.82) is 0 Å². The average Bonchev–Trinajstić information content (AvgIpc) is 2.93. The lowest BCUT2D eigenvalue weighted by Crippen LogP contribution is -2.24. The van der Waals surface area contributed by atoms with Gasteiger partial charge in [0.1, 0.15) is 0 Å². The van der Waals surface area contributed by atoms with Gasteiger partial charge in [-0.25, -0.2) is 5.32 Å². The number of rotatable bonds is 17. The number of halogens is 1. The van der Waals surface area contributed by atoms with Gasteiger partial charge < -0.3 is 5.32 Å². The van der Waals surface area contributed by atoms with Crippen LogP contribution in [-0.2, 0) is 13.1 Å². The van der Waals surface area contributed by atoms with Crippen molar-refractivity contribution >= 4 is 21.8 Å². The molecule has 0 saturated heterocycles. The largest absolute Gasteiger partial charge is 0.352 e. The smallest absolute Gasteiger partial charge is 0.251 e. The highest BCUT2D eigenvalue weighted by Gasteiger charge is 2.10. The van der Waals surface area contributed by atoms with Gasteiger partial charge in [0, 0.05) is 29.7 Å². The summed E-state index contributed by atoms with van der Waals surface area (Å²) >= 11 is 3.65. The van der Waals surface area contributed by atoms with Crippen LogP contribution in [0.5, 0.6) is 0 Å². The number of carbonyl (C=O) groups is 1. The van der Waals surface area contributed by atoms with E-state index in [-0.39, 0.29) is 5.91 Å². The van der Waals surface area contributed by atoms with Gasteiger partial charge in [-0.15, -0.1) is 0 Å².